The van der Waals surface area contributed by atoms with Gasteiger partial charge in [0.25, 0.3) is 12.1 Å². The van der Waals surface area contributed by atoms with Crippen LogP contribution in [0.3, 0.4) is 0 Å². The van der Waals surface area contributed by atoms with Crippen LogP contribution in [0.1, 0.15) is 26.5 Å². The molecule has 1 aromatic carbocycles. The van der Waals surface area contributed by atoms with Crippen LogP contribution < -0.4 is 4.74 Å². The van der Waals surface area contributed by atoms with E-state index in [1.54, 1.807) is 51.1 Å². The van der Waals surface area contributed by atoms with E-state index >= 15 is 0 Å². The summed E-state index contributed by atoms with van der Waals surface area (Å²) in [5, 5.41) is 8.82. The first kappa shape index (κ1) is 21.1. The number of para-hydroxylation sites is 1. The fourth-order valence-electron chi connectivity index (χ4n) is 4.15. The summed E-state index contributed by atoms with van der Waals surface area (Å²) in [5.74, 6) is -1.29. The number of carbonyl (C=O) groups is 1. The summed E-state index contributed by atoms with van der Waals surface area (Å²) in [4.78, 5) is 17.0. The number of allylic oxidation sites excluding steroid dienone is 1. The first-order valence-corrected chi connectivity index (χ1v) is 9.41. The molecular formula is C21H17Cl2FN2O3. The number of benzene rings is 1. The average Bonchev–Trinajstić information content (AvgIpc) is 3.06. The van der Waals surface area contributed by atoms with E-state index in [0.29, 0.717) is 11.4 Å². The number of carbonyl (C=O) groups excluding carboxylic acids is 1. The number of nitriles is 1. The van der Waals surface area contributed by atoms with Gasteiger partial charge in [-0.15, -0.1) is 5.26 Å². The third kappa shape index (κ3) is 3.06. The molecule has 1 heterocycles. The Morgan fingerprint density at radius 3 is 2.41 bits per heavy atom. The molecule has 0 amide bonds. The van der Waals surface area contributed by atoms with Gasteiger partial charge in [0.05, 0.1) is 16.5 Å². The Bertz CT molecular complexity index is 1030. The van der Waals surface area contributed by atoms with E-state index in [9.17, 15) is 9.18 Å². The van der Waals surface area contributed by atoms with Gasteiger partial charge in [-0.3, -0.25) is 4.79 Å². The van der Waals surface area contributed by atoms with Gasteiger partial charge in [0.15, 0.2) is 5.82 Å². The van der Waals surface area contributed by atoms with Crippen LogP contribution in [-0.4, -0.2) is 11.0 Å². The highest BCUT2D eigenvalue weighted by Gasteiger charge is 2.84. The molecule has 2 aromatic rings. The Balaban J connectivity index is 2.15. The Morgan fingerprint density at radius 1 is 1.17 bits per heavy atom. The number of rotatable bonds is 5. The highest BCUT2D eigenvalue weighted by molar-refractivity contribution is 6.56. The van der Waals surface area contributed by atoms with Crippen molar-refractivity contribution in [3.63, 3.8) is 0 Å². The Kier molecular flexibility index (Phi) is 5.33. The molecule has 1 aliphatic rings. The third-order valence-electron chi connectivity index (χ3n) is 6.01. The van der Waals surface area contributed by atoms with Gasteiger partial charge in [0, 0.05) is 0 Å². The monoisotopic (exact) mass is 434 g/mol. The minimum Gasteiger partial charge on any atom is -0.436 e. The van der Waals surface area contributed by atoms with Crippen LogP contribution in [0, 0.1) is 28.2 Å². The molecule has 1 aliphatic carbocycles. The summed E-state index contributed by atoms with van der Waals surface area (Å²) in [7, 11) is 0. The maximum Gasteiger partial charge on any atom is 0.329 e. The van der Waals surface area contributed by atoms with Crippen LogP contribution in [0.5, 0.6) is 11.6 Å². The van der Waals surface area contributed by atoms with Gasteiger partial charge in [0.2, 0.25) is 0 Å². The molecule has 0 spiro atoms. The molecule has 3 rings (SSSR count). The highest BCUT2D eigenvalue weighted by Crippen LogP contribution is 2.79. The minimum absolute atomic E-state index is 0.0942. The maximum atomic E-state index is 14.4. The number of esters is 1. The lowest BCUT2D eigenvalue weighted by molar-refractivity contribution is -0.144. The van der Waals surface area contributed by atoms with Crippen molar-refractivity contribution in [3.8, 4) is 17.9 Å². The number of halogens is 3. The maximum absolute atomic E-state index is 14.4. The lowest BCUT2D eigenvalue weighted by Crippen LogP contribution is -2.25. The van der Waals surface area contributed by atoms with Crippen LogP contribution in [0.2, 0.25) is 0 Å². The summed E-state index contributed by atoms with van der Waals surface area (Å²) in [6, 6.07) is 11.2. The van der Waals surface area contributed by atoms with Gasteiger partial charge in [-0.1, -0.05) is 55.2 Å². The molecule has 1 saturated carbocycles. The molecule has 0 aliphatic heterocycles. The summed E-state index contributed by atoms with van der Waals surface area (Å²) >= 11 is 11.9. The normalized spacial score (nSPS) is 24.2. The first-order valence-electron chi connectivity index (χ1n) is 8.66. The molecule has 0 radical (unpaired) electrons. The minimum atomic E-state index is -1.22. The van der Waals surface area contributed by atoms with Crippen LogP contribution in [0.4, 0.5) is 4.39 Å². The second kappa shape index (κ2) is 7.33. The topological polar surface area (TPSA) is 72.2 Å². The Morgan fingerprint density at radius 2 is 1.83 bits per heavy atom. The van der Waals surface area contributed by atoms with Gasteiger partial charge >= 0.3 is 5.97 Å². The van der Waals surface area contributed by atoms with Crippen LogP contribution in [0.25, 0.3) is 0 Å². The van der Waals surface area contributed by atoms with E-state index in [0.717, 1.165) is 0 Å². The zero-order valence-electron chi connectivity index (χ0n) is 15.9. The highest BCUT2D eigenvalue weighted by atomic mass is 35.5. The number of hydrogen-bond acceptors (Lipinski definition) is 5. The van der Waals surface area contributed by atoms with Crippen molar-refractivity contribution in [2.45, 2.75) is 26.2 Å². The van der Waals surface area contributed by atoms with Gasteiger partial charge in [-0.05, 0) is 42.7 Å². The molecule has 1 aromatic heterocycles. The zero-order chi connectivity index (χ0) is 21.4. The molecule has 8 heteroatoms. The fourth-order valence-corrected chi connectivity index (χ4v) is 4.47. The van der Waals surface area contributed by atoms with E-state index in [1.807, 2.05) is 0 Å². The van der Waals surface area contributed by atoms with Gasteiger partial charge in [-0.2, -0.15) is 0 Å². The first-order chi connectivity index (χ1) is 13.6. The SMILES string of the molecule is CC1(C)C(C)(C(=O)OC#N)C1(C=C(Cl)Cl)c1ccc(F)c(Oc2ccccc2)n1. The molecule has 0 bridgehead atoms. The molecule has 150 valence electrons. The molecule has 0 N–H and O–H groups in total. The van der Waals surface area contributed by atoms with Crippen molar-refractivity contribution in [2.24, 2.45) is 10.8 Å². The molecule has 1 fully saturated rings. The number of nitrogens with zero attached hydrogens (tertiary/aromatic N) is 2. The van der Waals surface area contributed by atoms with E-state index in [2.05, 4.69) is 9.72 Å². The van der Waals surface area contributed by atoms with Crippen molar-refractivity contribution in [1.29, 1.82) is 5.26 Å². The average molecular weight is 435 g/mol. The number of aromatic nitrogens is 1. The largest absolute Gasteiger partial charge is 0.436 e. The van der Waals surface area contributed by atoms with Crippen LogP contribution in [-0.2, 0) is 14.9 Å². The van der Waals surface area contributed by atoms with Gasteiger partial charge in [-0.25, -0.2) is 9.37 Å². The third-order valence-corrected chi connectivity index (χ3v) is 6.23. The summed E-state index contributed by atoms with van der Waals surface area (Å²) in [5.41, 5.74) is -2.85. The van der Waals surface area contributed by atoms with E-state index in [1.165, 1.54) is 24.5 Å². The molecular weight excluding hydrogens is 418 g/mol. The number of pyridine rings is 1. The predicted octanol–water partition coefficient (Wildman–Crippen LogP) is 5.64. The zero-order valence-corrected chi connectivity index (χ0v) is 17.4. The molecule has 2 unspecified atom stereocenters. The van der Waals surface area contributed by atoms with Gasteiger partial charge < -0.3 is 9.47 Å². The van der Waals surface area contributed by atoms with E-state index in [-0.39, 0.29) is 10.4 Å². The summed E-state index contributed by atoms with van der Waals surface area (Å²) < 4.78 is 24.5. The fraction of sp³-hybridized carbons (Fsp3) is 0.286. The van der Waals surface area contributed by atoms with Crippen molar-refractivity contribution in [1.82, 2.24) is 4.98 Å². The lowest BCUT2D eigenvalue weighted by atomic mass is 9.89. The van der Waals surface area contributed by atoms with Crippen LogP contribution in [0.15, 0.2) is 53.0 Å². The van der Waals surface area contributed by atoms with E-state index < -0.39 is 28.0 Å². The molecule has 0 saturated heterocycles. The second-order valence-electron chi connectivity index (χ2n) is 7.37. The Hall–Kier alpha value is -2.62. The van der Waals surface area contributed by atoms with Crippen molar-refractivity contribution >= 4 is 29.2 Å². The quantitative estimate of drug-likeness (QED) is 0.449. The smallest absolute Gasteiger partial charge is 0.329 e. The standard InChI is InChI=1S/C21H17Cl2FN2O3/c1-19(2)20(3,18(27)28-12-25)21(19,11-16(22)23)15-10-9-14(24)17(26-15)29-13-7-5-4-6-8-13/h4-11H,1-3H3. The Labute approximate surface area is 177 Å². The van der Waals surface area contributed by atoms with Gasteiger partial charge in [0.1, 0.15) is 10.2 Å². The predicted molar refractivity (Wildman–Crippen MR) is 106 cm³/mol. The van der Waals surface area contributed by atoms with Crippen molar-refractivity contribution in [2.75, 3.05) is 0 Å². The molecule has 2 atom stereocenters. The molecule has 5 nitrogen and oxygen atoms in total. The number of ether oxygens (including phenoxy) is 2. The van der Waals surface area contributed by atoms with Crippen molar-refractivity contribution in [3.05, 3.63) is 64.5 Å². The van der Waals surface area contributed by atoms with Crippen molar-refractivity contribution < 1.29 is 18.7 Å². The summed E-state index contributed by atoms with van der Waals surface area (Å²) in [6.45, 7) is 5.21. The lowest BCUT2D eigenvalue weighted by Gasteiger charge is -2.18. The number of hydrogen-bond donors (Lipinski definition) is 0. The van der Waals surface area contributed by atoms with Crippen LogP contribution >= 0.6 is 23.2 Å². The van der Waals surface area contributed by atoms with E-state index in [4.69, 9.17) is 33.2 Å². The second-order valence-corrected chi connectivity index (χ2v) is 8.38. The summed E-state index contributed by atoms with van der Waals surface area (Å²) in [6.07, 6.45) is 2.88. The molecule has 29 heavy (non-hydrogen) atoms.